The molecule has 0 aromatic heterocycles. The summed E-state index contributed by atoms with van der Waals surface area (Å²) in [5, 5.41) is 3.59. The summed E-state index contributed by atoms with van der Waals surface area (Å²) in [6.45, 7) is 9.57. The number of rotatable bonds is 1. The van der Waals surface area contributed by atoms with E-state index >= 15 is 0 Å². The molecule has 0 amide bonds. The quantitative estimate of drug-likeness (QED) is 0.832. The third-order valence-electron chi connectivity index (χ3n) is 4.62. The fraction of sp³-hybridized carbons (Fsp3) is 0.647. The second-order valence-corrected chi connectivity index (χ2v) is 6.65. The van der Waals surface area contributed by atoms with Gasteiger partial charge in [-0.15, -0.1) is 0 Å². The fourth-order valence-corrected chi connectivity index (χ4v) is 3.67. The molecule has 0 spiro atoms. The minimum Gasteiger partial charge on any atom is -0.316 e. The minimum absolute atomic E-state index is 0.736. The number of nitrogens with one attached hydrogen (secondary N) is 1. The van der Waals surface area contributed by atoms with Gasteiger partial charge in [-0.3, -0.25) is 4.90 Å². The van der Waals surface area contributed by atoms with Gasteiger partial charge in [0.2, 0.25) is 0 Å². The largest absolute Gasteiger partial charge is 0.316 e. The lowest BCUT2D eigenvalue weighted by Gasteiger charge is -2.36. The van der Waals surface area contributed by atoms with Crippen molar-refractivity contribution < 1.29 is 0 Å². The number of fused-ring (bicyclic) bond motifs is 1. The molecule has 1 fully saturated rings. The van der Waals surface area contributed by atoms with Gasteiger partial charge in [0.1, 0.15) is 0 Å². The van der Waals surface area contributed by atoms with Crippen LogP contribution >= 0.6 is 0 Å². The van der Waals surface area contributed by atoms with Crippen LogP contribution in [0.25, 0.3) is 0 Å². The molecule has 1 aliphatic carbocycles. The highest BCUT2D eigenvalue weighted by atomic mass is 15.2. The molecule has 1 N–H and O–H groups in total. The molecule has 2 aliphatic rings. The van der Waals surface area contributed by atoms with Gasteiger partial charge in [0.15, 0.2) is 0 Å². The Balaban J connectivity index is 1.71. The van der Waals surface area contributed by atoms with Crippen LogP contribution in [0.1, 0.15) is 25.0 Å². The van der Waals surface area contributed by atoms with Crippen molar-refractivity contribution in [3.05, 3.63) is 35.4 Å². The Labute approximate surface area is 117 Å². The first-order valence-corrected chi connectivity index (χ1v) is 7.74. The van der Waals surface area contributed by atoms with Crippen LogP contribution in [-0.4, -0.2) is 37.1 Å². The minimum atomic E-state index is 0.736. The van der Waals surface area contributed by atoms with E-state index in [2.05, 4.69) is 48.3 Å². The van der Waals surface area contributed by atoms with Crippen LogP contribution in [-0.2, 0) is 12.8 Å². The predicted octanol–water partition coefficient (Wildman–Crippen LogP) is 2.33. The maximum absolute atomic E-state index is 3.59. The SMILES string of the molecule is CC1CNCC(C)CN(C2Cc3ccccc3C2)C1. The molecule has 0 saturated carbocycles. The lowest BCUT2D eigenvalue weighted by molar-refractivity contribution is 0.137. The standard InChI is InChI=1S/C17H26N2/c1-13-9-18-10-14(2)12-19(11-13)17-7-15-5-3-4-6-16(15)8-17/h3-6,13-14,17-18H,7-12H2,1-2H3. The molecule has 0 radical (unpaired) electrons. The Bertz CT molecular complexity index is 392. The number of benzene rings is 1. The third-order valence-corrected chi connectivity index (χ3v) is 4.62. The van der Waals surface area contributed by atoms with Crippen LogP contribution in [0.2, 0.25) is 0 Å². The molecule has 1 heterocycles. The zero-order chi connectivity index (χ0) is 13.2. The lowest BCUT2D eigenvalue weighted by atomic mass is 10.0. The van der Waals surface area contributed by atoms with Gasteiger partial charge in [-0.05, 0) is 48.9 Å². The van der Waals surface area contributed by atoms with E-state index in [0.717, 1.165) is 17.9 Å². The number of hydrogen-bond donors (Lipinski definition) is 1. The van der Waals surface area contributed by atoms with Crippen molar-refractivity contribution in [3.63, 3.8) is 0 Å². The Morgan fingerprint density at radius 1 is 0.947 bits per heavy atom. The second-order valence-electron chi connectivity index (χ2n) is 6.65. The summed E-state index contributed by atoms with van der Waals surface area (Å²) in [6, 6.07) is 9.73. The van der Waals surface area contributed by atoms with Crippen LogP contribution in [0.5, 0.6) is 0 Å². The van der Waals surface area contributed by atoms with E-state index in [1.54, 1.807) is 11.1 Å². The van der Waals surface area contributed by atoms with E-state index in [1.807, 2.05) is 0 Å². The van der Waals surface area contributed by atoms with Crippen molar-refractivity contribution in [1.29, 1.82) is 0 Å². The summed E-state index contributed by atoms with van der Waals surface area (Å²) in [5.41, 5.74) is 3.15. The summed E-state index contributed by atoms with van der Waals surface area (Å²) in [5.74, 6) is 1.52. The summed E-state index contributed by atoms with van der Waals surface area (Å²) in [7, 11) is 0. The van der Waals surface area contributed by atoms with E-state index in [9.17, 15) is 0 Å². The van der Waals surface area contributed by atoms with E-state index in [-0.39, 0.29) is 0 Å². The van der Waals surface area contributed by atoms with Gasteiger partial charge < -0.3 is 5.32 Å². The van der Waals surface area contributed by atoms with Crippen LogP contribution in [0.15, 0.2) is 24.3 Å². The fourth-order valence-electron chi connectivity index (χ4n) is 3.67. The van der Waals surface area contributed by atoms with Crippen molar-refractivity contribution in [3.8, 4) is 0 Å². The third kappa shape index (κ3) is 3.01. The molecular weight excluding hydrogens is 232 g/mol. The molecule has 2 atom stereocenters. The zero-order valence-corrected chi connectivity index (χ0v) is 12.2. The van der Waals surface area contributed by atoms with Crippen molar-refractivity contribution in [2.24, 2.45) is 11.8 Å². The Hall–Kier alpha value is -0.860. The van der Waals surface area contributed by atoms with E-state index in [4.69, 9.17) is 0 Å². The molecule has 0 bridgehead atoms. The topological polar surface area (TPSA) is 15.3 Å². The summed E-state index contributed by atoms with van der Waals surface area (Å²) in [4.78, 5) is 2.76. The number of hydrogen-bond acceptors (Lipinski definition) is 2. The first kappa shape index (κ1) is 13.1. The van der Waals surface area contributed by atoms with E-state index in [1.165, 1.54) is 39.0 Å². The Kier molecular flexibility index (Phi) is 3.90. The lowest BCUT2D eigenvalue weighted by Crippen LogP contribution is -2.47. The molecule has 19 heavy (non-hydrogen) atoms. The average Bonchev–Trinajstić information content (AvgIpc) is 2.79. The highest BCUT2D eigenvalue weighted by Gasteiger charge is 2.29. The smallest absolute Gasteiger partial charge is 0.0176 e. The molecule has 2 heteroatoms. The Morgan fingerprint density at radius 2 is 1.47 bits per heavy atom. The molecule has 2 nitrogen and oxygen atoms in total. The first-order chi connectivity index (χ1) is 9.22. The van der Waals surface area contributed by atoms with E-state index < -0.39 is 0 Å². The molecule has 1 aromatic rings. The van der Waals surface area contributed by atoms with E-state index in [0.29, 0.717) is 0 Å². The molecule has 2 unspecified atom stereocenters. The average molecular weight is 258 g/mol. The predicted molar refractivity (Wildman–Crippen MR) is 80.4 cm³/mol. The Morgan fingerprint density at radius 3 is 2.00 bits per heavy atom. The van der Waals surface area contributed by atoms with Gasteiger partial charge >= 0.3 is 0 Å². The van der Waals surface area contributed by atoms with Gasteiger partial charge in [-0.2, -0.15) is 0 Å². The number of nitrogens with zero attached hydrogens (tertiary/aromatic N) is 1. The normalized spacial score (nSPS) is 29.8. The van der Waals surface area contributed by atoms with Crippen LogP contribution in [0.3, 0.4) is 0 Å². The molecular formula is C17H26N2. The van der Waals surface area contributed by atoms with Crippen molar-refractivity contribution in [2.75, 3.05) is 26.2 Å². The van der Waals surface area contributed by atoms with Crippen molar-refractivity contribution in [1.82, 2.24) is 10.2 Å². The van der Waals surface area contributed by atoms with Crippen LogP contribution < -0.4 is 5.32 Å². The maximum atomic E-state index is 3.59. The van der Waals surface area contributed by atoms with Crippen molar-refractivity contribution >= 4 is 0 Å². The first-order valence-electron chi connectivity index (χ1n) is 7.74. The van der Waals surface area contributed by atoms with Crippen molar-refractivity contribution in [2.45, 2.75) is 32.7 Å². The molecule has 1 saturated heterocycles. The second kappa shape index (κ2) is 5.64. The van der Waals surface area contributed by atoms with Gasteiger partial charge in [0.25, 0.3) is 0 Å². The highest BCUT2D eigenvalue weighted by molar-refractivity contribution is 5.33. The van der Waals surface area contributed by atoms with Crippen LogP contribution in [0.4, 0.5) is 0 Å². The van der Waals surface area contributed by atoms with Gasteiger partial charge in [0, 0.05) is 19.1 Å². The summed E-state index contributed by atoms with van der Waals surface area (Å²) in [6.07, 6.45) is 2.51. The van der Waals surface area contributed by atoms with Gasteiger partial charge in [-0.25, -0.2) is 0 Å². The maximum Gasteiger partial charge on any atom is 0.0176 e. The molecule has 104 valence electrons. The summed E-state index contributed by atoms with van der Waals surface area (Å²) >= 11 is 0. The van der Waals surface area contributed by atoms with Crippen LogP contribution in [0, 0.1) is 11.8 Å². The molecule has 1 aromatic carbocycles. The molecule has 1 aliphatic heterocycles. The monoisotopic (exact) mass is 258 g/mol. The highest BCUT2D eigenvalue weighted by Crippen LogP contribution is 2.26. The summed E-state index contributed by atoms with van der Waals surface area (Å²) < 4.78 is 0. The molecule has 3 rings (SSSR count). The van der Waals surface area contributed by atoms with Gasteiger partial charge in [0.05, 0.1) is 0 Å². The van der Waals surface area contributed by atoms with Gasteiger partial charge in [-0.1, -0.05) is 38.1 Å². The zero-order valence-electron chi connectivity index (χ0n) is 12.2.